The third kappa shape index (κ3) is 5.19. The Morgan fingerprint density at radius 2 is 2.17 bits per heavy atom. The van der Waals surface area contributed by atoms with E-state index in [9.17, 15) is 9.90 Å². The zero-order valence-electron chi connectivity index (χ0n) is 11.1. The summed E-state index contributed by atoms with van der Waals surface area (Å²) in [5.74, 6) is 0.148. The number of carbonyl (C=O) groups is 1. The lowest BCUT2D eigenvalue weighted by Crippen LogP contribution is -2.36. The van der Waals surface area contributed by atoms with Gasteiger partial charge in [-0.1, -0.05) is 26.0 Å². The maximum Gasteiger partial charge on any atom is 0.224 e. The van der Waals surface area contributed by atoms with Crippen molar-refractivity contribution in [2.45, 2.75) is 26.7 Å². The van der Waals surface area contributed by atoms with Gasteiger partial charge in [0.05, 0.1) is 6.42 Å². The second-order valence-corrected chi connectivity index (χ2v) is 5.33. The number of rotatable bonds is 6. The van der Waals surface area contributed by atoms with Crippen molar-refractivity contribution in [3.05, 3.63) is 29.8 Å². The average molecular weight is 250 g/mol. The van der Waals surface area contributed by atoms with Crippen molar-refractivity contribution in [3.8, 4) is 5.75 Å². The molecule has 0 unspecified atom stereocenters. The van der Waals surface area contributed by atoms with Gasteiger partial charge in [-0.2, -0.15) is 0 Å². The molecule has 1 aromatic rings. The number of phenols is 1. The quantitative estimate of drug-likeness (QED) is 0.715. The number of nitrogens with two attached hydrogens (primary N) is 1. The van der Waals surface area contributed by atoms with E-state index in [1.54, 1.807) is 18.2 Å². The number of amides is 1. The van der Waals surface area contributed by atoms with E-state index in [-0.39, 0.29) is 23.5 Å². The van der Waals surface area contributed by atoms with Gasteiger partial charge in [0, 0.05) is 6.54 Å². The van der Waals surface area contributed by atoms with Crippen molar-refractivity contribution in [2.24, 2.45) is 11.1 Å². The summed E-state index contributed by atoms with van der Waals surface area (Å²) >= 11 is 0. The standard InChI is InChI=1S/C14H22N2O2/c1-14(2,6-7-15)10-16-13(18)9-11-4-3-5-12(17)8-11/h3-5,8,17H,6-7,9-10,15H2,1-2H3,(H,16,18). The SMILES string of the molecule is CC(C)(CCN)CNC(=O)Cc1cccc(O)c1. The second kappa shape index (κ2) is 6.40. The summed E-state index contributed by atoms with van der Waals surface area (Å²) in [5, 5.41) is 12.2. The molecule has 1 rings (SSSR count). The minimum Gasteiger partial charge on any atom is -0.508 e. The molecule has 100 valence electrons. The molecule has 0 heterocycles. The van der Waals surface area contributed by atoms with Crippen LogP contribution in [-0.2, 0) is 11.2 Å². The Hall–Kier alpha value is -1.55. The summed E-state index contributed by atoms with van der Waals surface area (Å²) in [7, 11) is 0. The summed E-state index contributed by atoms with van der Waals surface area (Å²) in [5.41, 5.74) is 6.35. The largest absolute Gasteiger partial charge is 0.508 e. The Balaban J connectivity index is 2.43. The van der Waals surface area contributed by atoms with Crippen LogP contribution in [0.2, 0.25) is 0 Å². The fraction of sp³-hybridized carbons (Fsp3) is 0.500. The minimum atomic E-state index is -0.0364. The highest BCUT2D eigenvalue weighted by molar-refractivity contribution is 5.78. The lowest BCUT2D eigenvalue weighted by atomic mass is 9.89. The van der Waals surface area contributed by atoms with Crippen molar-refractivity contribution in [1.29, 1.82) is 0 Å². The van der Waals surface area contributed by atoms with E-state index in [0.29, 0.717) is 13.1 Å². The maximum absolute atomic E-state index is 11.8. The molecule has 4 heteroatoms. The van der Waals surface area contributed by atoms with Crippen molar-refractivity contribution in [1.82, 2.24) is 5.32 Å². The fourth-order valence-corrected chi connectivity index (χ4v) is 1.73. The van der Waals surface area contributed by atoms with Crippen molar-refractivity contribution < 1.29 is 9.90 Å². The van der Waals surface area contributed by atoms with Gasteiger partial charge in [0.15, 0.2) is 0 Å². The molecule has 0 saturated heterocycles. The van der Waals surface area contributed by atoms with E-state index in [4.69, 9.17) is 5.73 Å². The molecule has 4 nitrogen and oxygen atoms in total. The van der Waals surface area contributed by atoms with Gasteiger partial charge in [-0.25, -0.2) is 0 Å². The van der Waals surface area contributed by atoms with Gasteiger partial charge >= 0.3 is 0 Å². The van der Waals surface area contributed by atoms with Crippen LogP contribution in [0.4, 0.5) is 0 Å². The van der Waals surface area contributed by atoms with Crippen molar-refractivity contribution in [2.75, 3.05) is 13.1 Å². The minimum absolute atomic E-state index is 0.0171. The fourth-order valence-electron chi connectivity index (χ4n) is 1.73. The molecule has 0 aromatic heterocycles. The molecule has 0 atom stereocenters. The van der Waals surface area contributed by atoms with Crippen LogP contribution in [0.3, 0.4) is 0 Å². The molecule has 0 aliphatic heterocycles. The first-order valence-electron chi connectivity index (χ1n) is 6.18. The molecule has 18 heavy (non-hydrogen) atoms. The first-order chi connectivity index (χ1) is 8.43. The summed E-state index contributed by atoms with van der Waals surface area (Å²) in [6, 6.07) is 6.75. The Morgan fingerprint density at radius 3 is 2.78 bits per heavy atom. The number of benzene rings is 1. The molecule has 0 spiro atoms. The van der Waals surface area contributed by atoms with E-state index >= 15 is 0 Å². The van der Waals surface area contributed by atoms with Crippen LogP contribution in [0.15, 0.2) is 24.3 Å². The van der Waals surface area contributed by atoms with Crippen LogP contribution in [-0.4, -0.2) is 24.1 Å². The van der Waals surface area contributed by atoms with E-state index in [1.807, 2.05) is 6.07 Å². The maximum atomic E-state index is 11.8. The van der Waals surface area contributed by atoms with E-state index in [0.717, 1.165) is 12.0 Å². The third-order valence-corrected chi connectivity index (χ3v) is 2.86. The topological polar surface area (TPSA) is 75.3 Å². The number of hydrogen-bond acceptors (Lipinski definition) is 3. The van der Waals surface area contributed by atoms with Crippen LogP contribution in [0.5, 0.6) is 5.75 Å². The Labute approximate surface area is 108 Å². The predicted octanol–water partition coefficient (Wildman–Crippen LogP) is 1.43. The molecular weight excluding hydrogens is 228 g/mol. The summed E-state index contributed by atoms with van der Waals surface area (Å²) in [4.78, 5) is 11.8. The number of phenolic OH excluding ortho intramolecular Hbond substituents is 1. The number of carbonyl (C=O) groups excluding carboxylic acids is 1. The van der Waals surface area contributed by atoms with Gasteiger partial charge in [-0.15, -0.1) is 0 Å². The summed E-state index contributed by atoms with van der Waals surface area (Å²) in [6.45, 7) is 5.39. The zero-order valence-corrected chi connectivity index (χ0v) is 11.1. The van der Waals surface area contributed by atoms with Gasteiger partial charge in [0.2, 0.25) is 5.91 Å². The molecule has 1 aromatic carbocycles. The van der Waals surface area contributed by atoms with Gasteiger partial charge in [0.1, 0.15) is 5.75 Å². The number of aromatic hydroxyl groups is 1. The average Bonchev–Trinajstić information content (AvgIpc) is 2.26. The molecule has 0 radical (unpaired) electrons. The third-order valence-electron chi connectivity index (χ3n) is 2.86. The Morgan fingerprint density at radius 1 is 1.44 bits per heavy atom. The molecule has 0 bridgehead atoms. The highest BCUT2D eigenvalue weighted by atomic mass is 16.3. The van der Waals surface area contributed by atoms with Crippen LogP contribution in [0.25, 0.3) is 0 Å². The first-order valence-corrected chi connectivity index (χ1v) is 6.18. The molecule has 1 amide bonds. The monoisotopic (exact) mass is 250 g/mol. The van der Waals surface area contributed by atoms with Gasteiger partial charge in [-0.05, 0) is 36.1 Å². The van der Waals surface area contributed by atoms with Crippen molar-refractivity contribution in [3.63, 3.8) is 0 Å². The first kappa shape index (κ1) is 14.5. The normalized spacial score (nSPS) is 11.3. The predicted molar refractivity (Wildman–Crippen MR) is 72.3 cm³/mol. The molecular formula is C14H22N2O2. The molecule has 4 N–H and O–H groups in total. The summed E-state index contributed by atoms with van der Waals surface area (Å²) < 4.78 is 0. The second-order valence-electron chi connectivity index (χ2n) is 5.33. The zero-order chi connectivity index (χ0) is 13.6. The van der Waals surface area contributed by atoms with Crippen molar-refractivity contribution >= 4 is 5.91 Å². The van der Waals surface area contributed by atoms with Gasteiger partial charge in [0.25, 0.3) is 0 Å². The molecule has 0 aliphatic rings. The molecule has 0 fully saturated rings. The lowest BCUT2D eigenvalue weighted by Gasteiger charge is -2.24. The number of hydrogen-bond donors (Lipinski definition) is 3. The van der Waals surface area contributed by atoms with Crippen LogP contribution in [0.1, 0.15) is 25.8 Å². The lowest BCUT2D eigenvalue weighted by molar-refractivity contribution is -0.120. The van der Waals surface area contributed by atoms with Gasteiger partial charge in [-0.3, -0.25) is 4.79 Å². The van der Waals surface area contributed by atoms with Gasteiger partial charge < -0.3 is 16.2 Å². The van der Waals surface area contributed by atoms with Crippen LogP contribution in [0, 0.1) is 5.41 Å². The molecule has 0 saturated carbocycles. The highest BCUT2D eigenvalue weighted by Crippen LogP contribution is 2.17. The Bertz CT molecular complexity index is 403. The Kier molecular flexibility index (Phi) is 5.16. The summed E-state index contributed by atoms with van der Waals surface area (Å²) in [6.07, 6.45) is 1.16. The van der Waals surface area contributed by atoms with E-state index in [1.165, 1.54) is 0 Å². The smallest absolute Gasteiger partial charge is 0.224 e. The van der Waals surface area contributed by atoms with E-state index in [2.05, 4.69) is 19.2 Å². The van der Waals surface area contributed by atoms with E-state index < -0.39 is 0 Å². The van der Waals surface area contributed by atoms with Crippen LogP contribution < -0.4 is 11.1 Å². The molecule has 0 aliphatic carbocycles. The number of nitrogens with one attached hydrogen (secondary N) is 1. The highest BCUT2D eigenvalue weighted by Gasteiger charge is 2.17. The van der Waals surface area contributed by atoms with Crippen LogP contribution >= 0.6 is 0 Å².